The minimum atomic E-state index is -0.665. The van der Waals surface area contributed by atoms with E-state index in [4.69, 9.17) is 0 Å². The van der Waals surface area contributed by atoms with E-state index >= 15 is 0 Å². The molecule has 0 saturated heterocycles. The van der Waals surface area contributed by atoms with Gasteiger partial charge in [-0.15, -0.1) is 0 Å². The van der Waals surface area contributed by atoms with Crippen LogP contribution in [0.15, 0.2) is 11.1 Å². The molecule has 2 saturated carbocycles. The molecule has 5 atom stereocenters. The maximum atomic E-state index is 12.2. The maximum Gasteiger partial charge on any atom is 0.314 e. The Hall–Kier alpha value is -1.30. The molecule has 3 heteroatoms. The van der Waals surface area contributed by atoms with Crippen molar-refractivity contribution in [1.82, 2.24) is 0 Å². The Kier molecular flexibility index (Phi) is 3.33. The number of carboxylic acid groups (broad SMARTS) is 1. The van der Waals surface area contributed by atoms with Crippen molar-refractivity contribution in [2.45, 2.75) is 73.1 Å². The fraction of sp³-hybridized carbons (Fsp3) is 0.800. The molecule has 0 heterocycles. The van der Waals surface area contributed by atoms with Crippen molar-refractivity contribution in [2.75, 3.05) is 0 Å². The molecule has 0 radical (unpaired) electrons. The number of fused-ring (bicyclic) bond motifs is 2. The number of carboxylic acids is 1. The fourth-order valence-corrected chi connectivity index (χ4v) is 6.79. The minimum absolute atomic E-state index is 0.0502. The highest BCUT2D eigenvalue weighted by atomic mass is 16.4. The summed E-state index contributed by atoms with van der Waals surface area (Å²) in [5, 5.41) is 19.6. The molecule has 2 bridgehead atoms. The second-order valence-electron chi connectivity index (χ2n) is 8.38. The standard InChI is InChI=1S/C18H23NO2.C2H6/c1-15-8-6-11(9-19)12-5-4-7-16(15,2)17(3)13(12)18(17,10-15)14(20)21;1-2/h11H,4-8,10H2,1-3H3,(H,20,21);1-2H3. The highest BCUT2D eigenvalue weighted by Gasteiger charge is 2.89. The van der Waals surface area contributed by atoms with Crippen molar-refractivity contribution in [2.24, 2.45) is 27.6 Å². The molecule has 23 heavy (non-hydrogen) atoms. The van der Waals surface area contributed by atoms with Gasteiger partial charge in [0.15, 0.2) is 0 Å². The Bertz CT molecular complexity index is 645. The van der Waals surface area contributed by atoms with E-state index in [1.165, 1.54) is 5.57 Å². The first-order valence-corrected chi connectivity index (χ1v) is 9.15. The van der Waals surface area contributed by atoms with E-state index in [1.54, 1.807) is 0 Å². The second kappa shape index (κ2) is 4.62. The van der Waals surface area contributed by atoms with Gasteiger partial charge in [-0.25, -0.2) is 0 Å². The largest absolute Gasteiger partial charge is 0.481 e. The van der Waals surface area contributed by atoms with Crippen LogP contribution < -0.4 is 0 Å². The summed E-state index contributed by atoms with van der Waals surface area (Å²) in [5.74, 6) is -0.698. The van der Waals surface area contributed by atoms with Crippen LogP contribution in [0, 0.1) is 38.9 Å². The second-order valence-corrected chi connectivity index (χ2v) is 8.38. The Morgan fingerprint density at radius 1 is 1.26 bits per heavy atom. The van der Waals surface area contributed by atoms with Crippen molar-refractivity contribution >= 4 is 5.97 Å². The molecule has 3 nitrogen and oxygen atoms in total. The van der Waals surface area contributed by atoms with Gasteiger partial charge >= 0.3 is 5.97 Å². The number of aliphatic carboxylic acids is 1. The van der Waals surface area contributed by atoms with Crippen LogP contribution in [0.3, 0.4) is 0 Å². The molecule has 0 spiro atoms. The zero-order valence-corrected chi connectivity index (χ0v) is 15.1. The maximum absolute atomic E-state index is 12.2. The molecule has 5 unspecified atom stereocenters. The topological polar surface area (TPSA) is 61.1 Å². The lowest BCUT2D eigenvalue weighted by Gasteiger charge is -2.48. The number of rotatable bonds is 1. The van der Waals surface area contributed by atoms with Gasteiger partial charge in [0.2, 0.25) is 0 Å². The zero-order valence-electron chi connectivity index (χ0n) is 15.1. The van der Waals surface area contributed by atoms with E-state index in [0.29, 0.717) is 0 Å². The van der Waals surface area contributed by atoms with E-state index < -0.39 is 11.4 Å². The van der Waals surface area contributed by atoms with Crippen LogP contribution in [0.1, 0.15) is 73.1 Å². The molecular formula is C20H29NO2. The van der Waals surface area contributed by atoms with E-state index in [2.05, 4.69) is 26.8 Å². The lowest BCUT2D eigenvalue weighted by atomic mass is 9.56. The van der Waals surface area contributed by atoms with E-state index in [-0.39, 0.29) is 22.2 Å². The van der Waals surface area contributed by atoms with Gasteiger partial charge in [0.1, 0.15) is 0 Å². The summed E-state index contributed by atoms with van der Waals surface area (Å²) < 4.78 is 0. The quantitative estimate of drug-likeness (QED) is 0.698. The van der Waals surface area contributed by atoms with Crippen LogP contribution in [0.2, 0.25) is 0 Å². The summed E-state index contributed by atoms with van der Waals surface area (Å²) >= 11 is 0. The molecule has 126 valence electrons. The number of carbonyl (C=O) groups is 1. The smallest absolute Gasteiger partial charge is 0.314 e. The van der Waals surface area contributed by atoms with Crippen LogP contribution in [0.25, 0.3) is 0 Å². The van der Waals surface area contributed by atoms with Crippen LogP contribution >= 0.6 is 0 Å². The third-order valence-corrected chi connectivity index (χ3v) is 8.18. The molecule has 4 rings (SSSR count). The summed E-state index contributed by atoms with van der Waals surface area (Å²) in [6.07, 6.45) is 5.81. The molecule has 0 aliphatic heterocycles. The number of nitrogens with zero attached hydrogens (tertiary/aromatic N) is 1. The SMILES string of the molecule is CC.CC12CCC(C#N)C3=C4C(C(=O)O)(C1)C4(C)C2(C)CCC3. The van der Waals surface area contributed by atoms with Gasteiger partial charge in [-0.1, -0.05) is 40.2 Å². The lowest BCUT2D eigenvalue weighted by molar-refractivity contribution is -0.144. The molecule has 4 aliphatic carbocycles. The normalized spacial score (nSPS) is 49.3. The van der Waals surface area contributed by atoms with Gasteiger partial charge in [0.25, 0.3) is 0 Å². The average Bonchev–Trinajstić information content (AvgIpc) is 3.01. The van der Waals surface area contributed by atoms with Gasteiger partial charge in [-0.2, -0.15) is 5.26 Å². The van der Waals surface area contributed by atoms with Gasteiger partial charge in [-0.05, 0) is 54.9 Å². The summed E-state index contributed by atoms with van der Waals surface area (Å²) in [6, 6.07) is 2.48. The Labute approximate surface area is 139 Å². The van der Waals surface area contributed by atoms with Crippen molar-refractivity contribution in [3.63, 3.8) is 0 Å². The van der Waals surface area contributed by atoms with Crippen LogP contribution in [-0.4, -0.2) is 11.1 Å². The third kappa shape index (κ3) is 1.45. The van der Waals surface area contributed by atoms with Gasteiger partial charge < -0.3 is 5.11 Å². The highest BCUT2D eigenvalue weighted by molar-refractivity contribution is 5.91. The molecule has 2 fully saturated rings. The summed E-state index contributed by atoms with van der Waals surface area (Å²) in [7, 11) is 0. The average molecular weight is 315 g/mol. The molecular weight excluding hydrogens is 286 g/mol. The van der Waals surface area contributed by atoms with E-state index in [1.807, 2.05) is 13.8 Å². The van der Waals surface area contributed by atoms with Crippen LogP contribution in [0.5, 0.6) is 0 Å². The Morgan fingerprint density at radius 3 is 2.48 bits per heavy atom. The molecule has 0 aromatic carbocycles. The van der Waals surface area contributed by atoms with Gasteiger partial charge in [0.05, 0.1) is 17.4 Å². The Balaban J connectivity index is 0.000000753. The number of hydrogen-bond donors (Lipinski definition) is 1. The first kappa shape index (κ1) is 16.6. The third-order valence-electron chi connectivity index (χ3n) is 8.18. The molecule has 4 aliphatic rings. The van der Waals surface area contributed by atoms with E-state index in [0.717, 1.165) is 44.1 Å². The highest BCUT2D eigenvalue weighted by Crippen LogP contribution is 2.91. The number of hydrogen-bond acceptors (Lipinski definition) is 2. The zero-order chi connectivity index (χ0) is 17.3. The first-order valence-electron chi connectivity index (χ1n) is 9.15. The van der Waals surface area contributed by atoms with E-state index in [9.17, 15) is 15.2 Å². The number of allylic oxidation sites excluding steroid dienone is 1. The monoisotopic (exact) mass is 315 g/mol. The van der Waals surface area contributed by atoms with Gasteiger partial charge in [0, 0.05) is 5.41 Å². The predicted octanol–water partition coefficient (Wildman–Crippen LogP) is 4.93. The lowest BCUT2D eigenvalue weighted by Crippen LogP contribution is -2.40. The molecule has 0 aromatic rings. The molecule has 0 aromatic heterocycles. The summed E-state index contributed by atoms with van der Waals surface area (Å²) in [6.45, 7) is 10.8. The summed E-state index contributed by atoms with van der Waals surface area (Å²) in [5.41, 5.74) is 1.59. The fourth-order valence-electron chi connectivity index (χ4n) is 6.79. The predicted molar refractivity (Wildman–Crippen MR) is 89.6 cm³/mol. The summed E-state index contributed by atoms with van der Waals surface area (Å²) in [4.78, 5) is 12.2. The van der Waals surface area contributed by atoms with Gasteiger partial charge in [-0.3, -0.25) is 4.79 Å². The molecule has 0 amide bonds. The van der Waals surface area contributed by atoms with Crippen LogP contribution in [-0.2, 0) is 4.79 Å². The number of nitriles is 1. The van der Waals surface area contributed by atoms with Crippen molar-refractivity contribution < 1.29 is 9.90 Å². The first-order chi connectivity index (χ1) is 10.8. The Morgan fingerprint density at radius 2 is 1.91 bits per heavy atom. The van der Waals surface area contributed by atoms with Crippen LogP contribution in [0.4, 0.5) is 0 Å². The molecule has 1 N–H and O–H groups in total. The van der Waals surface area contributed by atoms with Crippen molar-refractivity contribution in [3.05, 3.63) is 11.1 Å². The van der Waals surface area contributed by atoms with Crippen molar-refractivity contribution in [3.8, 4) is 6.07 Å². The minimum Gasteiger partial charge on any atom is -0.481 e. The van der Waals surface area contributed by atoms with Crippen molar-refractivity contribution in [1.29, 1.82) is 5.26 Å².